The lowest BCUT2D eigenvalue weighted by atomic mass is 10.3. The van der Waals surface area contributed by atoms with Crippen molar-refractivity contribution in [2.24, 2.45) is 0 Å². The second kappa shape index (κ2) is 4.77. The second-order valence-electron chi connectivity index (χ2n) is 3.86. The zero-order chi connectivity index (χ0) is 13.2. The Bertz CT molecular complexity index is 780. The standard InChI is InChI=1S/C12H10N4O2S/c13-7-1-2-8-9(5-7)18-11(15-8)6-19-12-14-4-3-10(17)16-12/h1-5H,6,13H2,(H,14,16,17). The number of aromatic nitrogens is 3. The highest BCUT2D eigenvalue weighted by Crippen LogP contribution is 2.23. The molecule has 0 aliphatic rings. The third kappa shape index (κ3) is 2.60. The van der Waals surface area contributed by atoms with Crippen molar-refractivity contribution in [3.63, 3.8) is 0 Å². The molecule has 19 heavy (non-hydrogen) atoms. The average molecular weight is 274 g/mol. The minimum absolute atomic E-state index is 0.178. The van der Waals surface area contributed by atoms with Gasteiger partial charge in [0.05, 0.1) is 5.75 Å². The molecule has 0 atom stereocenters. The maximum Gasteiger partial charge on any atom is 0.251 e. The van der Waals surface area contributed by atoms with E-state index in [4.69, 9.17) is 10.2 Å². The van der Waals surface area contributed by atoms with Crippen LogP contribution in [0.4, 0.5) is 5.69 Å². The molecular formula is C12H10N4O2S. The molecule has 6 nitrogen and oxygen atoms in total. The Morgan fingerprint density at radius 2 is 2.26 bits per heavy atom. The molecule has 0 saturated heterocycles. The zero-order valence-corrected chi connectivity index (χ0v) is 10.6. The summed E-state index contributed by atoms with van der Waals surface area (Å²) in [5, 5.41) is 0.536. The van der Waals surface area contributed by atoms with Gasteiger partial charge < -0.3 is 15.1 Å². The van der Waals surface area contributed by atoms with E-state index in [1.807, 2.05) is 6.07 Å². The molecule has 0 bridgehead atoms. The molecule has 7 heteroatoms. The summed E-state index contributed by atoms with van der Waals surface area (Å²) in [5.41, 5.74) is 7.55. The lowest BCUT2D eigenvalue weighted by Crippen LogP contribution is -2.05. The van der Waals surface area contributed by atoms with Gasteiger partial charge in [0.15, 0.2) is 10.7 Å². The van der Waals surface area contributed by atoms with Crippen molar-refractivity contribution < 1.29 is 4.42 Å². The minimum atomic E-state index is -0.178. The highest BCUT2D eigenvalue weighted by atomic mass is 32.2. The summed E-state index contributed by atoms with van der Waals surface area (Å²) >= 11 is 1.35. The zero-order valence-electron chi connectivity index (χ0n) is 9.79. The summed E-state index contributed by atoms with van der Waals surface area (Å²) < 4.78 is 5.57. The first-order valence-electron chi connectivity index (χ1n) is 5.54. The Balaban J connectivity index is 1.80. The van der Waals surface area contributed by atoms with E-state index in [2.05, 4.69) is 15.0 Å². The smallest absolute Gasteiger partial charge is 0.251 e. The summed E-state index contributed by atoms with van der Waals surface area (Å²) in [5.74, 6) is 1.05. The molecule has 3 rings (SSSR count). The quantitative estimate of drug-likeness (QED) is 0.429. The van der Waals surface area contributed by atoms with Gasteiger partial charge in [0.2, 0.25) is 5.89 Å². The number of nitrogen functional groups attached to an aromatic ring is 1. The molecule has 96 valence electrons. The molecule has 0 aliphatic heterocycles. The van der Waals surface area contributed by atoms with E-state index in [1.54, 1.807) is 12.1 Å². The van der Waals surface area contributed by atoms with Crippen LogP contribution in [0.25, 0.3) is 11.1 Å². The van der Waals surface area contributed by atoms with Crippen molar-refractivity contribution >= 4 is 28.5 Å². The maximum absolute atomic E-state index is 11.1. The second-order valence-corrected chi connectivity index (χ2v) is 4.83. The number of rotatable bonds is 3. The lowest BCUT2D eigenvalue weighted by Gasteiger charge is -1.95. The van der Waals surface area contributed by atoms with E-state index in [-0.39, 0.29) is 5.56 Å². The fraction of sp³-hybridized carbons (Fsp3) is 0.0833. The minimum Gasteiger partial charge on any atom is -0.440 e. The van der Waals surface area contributed by atoms with Crippen LogP contribution in [0, 0.1) is 0 Å². The van der Waals surface area contributed by atoms with Gasteiger partial charge in [0, 0.05) is 24.0 Å². The number of hydrogen-bond donors (Lipinski definition) is 2. The van der Waals surface area contributed by atoms with Gasteiger partial charge in [-0.25, -0.2) is 9.97 Å². The summed E-state index contributed by atoms with van der Waals surface area (Å²) in [4.78, 5) is 22.1. The Labute approximate surface area is 112 Å². The summed E-state index contributed by atoms with van der Waals surface area (Å²) in [7, 11) is 0. The van der Waals surface area contributed by atoms with Crippen molar-refractivity contribution in [3.8, 4) is 0 Å². The van der Waals surface area contributed by atoms with Gasteiger partial charge in [-0.1, -0.05) is 11.8 Å². The highest BCUT2D eigenvalue weighted by Gasteiger charge is 2.07. The number of H-pyrrole nitrogens is 1. The predicted octanol–water partition coefficient (Wildman–Crippen LogP) is 1.79. The van der Waals surface area contributed by atoms with Gasteiger partial charge in [-0.05, 0) is 12.1 Å². The number of nitrogens with zero attached hydrogens (tertiary/aromatic N) is 2. The SMILES string of the molecule is Nc1ccc2nc(CSc3nccc(=O)[nH]3)oc2c1. The number of oxazole rings is 1. The Hall–Kier alpha value is -2.28. The number of aromatic amines is 1. The van der Waals surface area contributed by atoms with Crippen molar-refractivity contribution in [3.05, 3.63) is 46.7 Å². The van der Waals surface area contributed by atoms with Crippen LogP contribution in [0.1, 0.15) is 5.89 Å². The number of fused-ring (bicyclic) bond motifs is 1. The summed E-state index contributed by atoms with van der Waals surface area (Å²) in [6.07, 6.45) is 1.47. The van der Waals surface area contributed by atoms with Gasteiger partial charge in [-0.15, -0.1) is 0 Å². The summed E-state index contributed by atoms with van der Waals surface area (Å²) in [6.45, 7) is 0. The van der Waals surface area contributed by atoms with E-state index in [0.717, 1.165) is 5.52 Å². The summed E-state index contributed by atoms with van der Waals surface area (Å²) in [6, 6.07) is 6.69. The predicted molar refractivity (Wildman–Crippen MR) is 72.8 cm³/mol. The molecule has 0 radical (unpaired) electrons. The van der Waals surface area contributed by atoms with Crippen LogP contribution >= 0.6 is 11.8 Å². The number of nitrogens with two attached hydrogens (primary N) is 1. The third-order valence-electron chi connectivity index (χ3n) is 2.44. The van der Waals surface area contributed by atoms with Crippen LogP contribution in [0.5, 0.6) is 0 Å². The molecule has 0 fully saturated rings. The van der Waals surface area contributed by atoms with E-state index in [0.29, 0.717) is 28.1 Å². The third-order valence-corrected chi connectivity index (χ3v) is 3.31. The number of hydrogen-bond acceptors (Lipinski definition) is 6. The van der Waals surface area contributed by atoms with Gasteiger partial charge in [-0.3, -0.25) is 4.79 Å². The maximum atomic E-state index is 11.1. The van der Waals surface area contributed by atoms with Crippen LogP contribution in [-0.4, -0.2) is 15.0 Å². The molecule has 0 saturated carbocycles. The Kier molecular flexibility index (Phi) is 2.96. The average Bonchev–Trinajstić information content (AvgIpc) is 2.78. The van der Waals surface area contributed by atoms with E-state index >= 15 is 0 Å². The van der Waals surface area contributed by atoms with Crippen molar-refractivity contribution in [1.29, 1.82) is 0 Å². The van der Waals surface area contributed by atoms with Crippen LogP contribution in [-0.2, 0) is 5.75 Å². The van der Waals surface area contributed by atoms with Gasteiger partial charge >= 0.3 is 0 Å². The topological polar surface area (TPSA) is 97.8 Å². The molecule has 2 aromatic heterocycles. The molecule has 0 aliphatic carbocycles. The molecule has 3 N–H and O–H groups in total. The Morgan fingerprint density at radius 1 is 1.37 bits per heavy atom. The number of benzene rings is 1. The highest BCUT2D eigenvalue weighted by molar-refractivity contribution is 7.98. The fourth-order valence-electron chi connectivity index (χ4n) is 1.61. The van der Waals surface area contributed by atoms with Gasteiger partial charge in [0.1, 0.15) is 5.52 Å². The fourth-order valence-corrected chi connectivity index (χ4v) is 2.30. The first kappa shape index (κ1) is 11.8. The normalized spacial score (nSPS) is 10.9. The number of nitrogens with one attached hydrogen (secondary N) is 1. The Morgan fingerprint density at radius 3 is 3.11 bits per heavy atom. The first-order valence-corrected chi connectivity index (χ1v) is 6.52. The molecule has 1 aromatic carbocycles. The molecule has 3 aromatic rings. The first-order chi connectivity index (χ1) is 9.20. The molecular weight excluding hydrogens is 264 g/mol. The van der Waals surface area contributed by atoms with E-state index in [1.165, 1.54) is 24.0 Å². The molecule has 0 amide bonds. The van der Waals surface area contributed by atoms with Crippen molar-refractivity contribution in [2.75, 3.05) is 5.73 Å². The van der Waals surface area contributed by atoms with Crippen molar-refractivity contribution in [1.82, 2.24) is 15.0 Å². The molecule has 0 unspecified atom stereocenters. The number of anilines is 1. The lowest BCUT2D eigenvalue weighted by molar-refractivity contribution is 0.556. The van der Waals surface area contributed by atoms with Crippen LogP contribution in [0.3, 0.4) is 0 Å². The van der Waals surface area contributed by atoms with Gasteiger partial charge in [-0.2, -0.15) is 0 Å². The van der Waals surface area contributed by atoms with Crippen molar-refractivity contribution in [2.45, 2.75) is 10.9 Å². The van der Waals surface area contributed by atoms with E-state index < -0.39 is 0 Å². The molecule has 2 heterocycles. The number of thioether (sulfide) groups is 1. The molecule has 0 spiro atoms. The van der Waals surface area contributed by atoms with E-state index in [9.17, 15) is 4.79 Å². The van der Waals surface area contributed by atoms with Gasteiger partial charge in [0.25, 0.3) is 5.56 Å². The van der Waals surface area contributed by atoms with Crippen LogP contribution in [0.15, 0.2) is 44.8 Å². The van der Waals surface area contributed by atoms with Crippen LogP contribution < -0.4 is 11.3 Å². The van der Waals surface area contributed by atoms with Crippen LogP contribution in [0.2, 0.25) is 0 Å². The monoisotopic (exact) mass is 274 g/mol. The largest absolute Gasteiger partial charge is 0.440 e.